The van der Waals surface area contributed by atoms with Crippen LogP contribution < -0.4 is 20.3 Å². The molecule has 0 saturated heterocycles. The van der Waals surface area contributed by atoms with Gasteiger partial charge in [0.15, 0.2) is 11.5 Å². The minimum absolute atomic E-state index is 0.151. The molecule has 9 heteroatoms. The van der Waals surface area contributed by atoms with E-state index in [0.717, 1.165) is 26.7 Å². The highest BCUT2D eigenvalue weighted by Crippen LogP contribution is 2.32. The second-order valence-electron chi connectivity index (χ2n) is 6.26. The first-order chi connectivity index (χ1) is 13.4. The van der Waals surface area contributed by atoms with Crippen molar-refractivity contribution in [2.24, 2.45) is 0 Å². The van der Waals surface area contributed by atoms with Crippen molar-refractivity contribution in [2.45, 2.75) is 27.0 Å². The van der Waals surface area contributed by atoms with Crippen LogP contribution in [0.3, 0.4) is 0 Å². The summed E-state index contributed by atoms with van der Waals surface area (Å²) < 4.78 is 11.6. The fourth-order valence-corrected chi connectivity index (χ4v) is 4.09. The molecule has 0 fully saturated rings. The highest BCUT2D eigenvalue weighted by molar-refractivity contribution is 7.14. The first-order valence-corrected chi connectivity index (χ1v) is 9.30. The first kappa shape index (κ1) is 19.8. The summed E-state index contributed by atoms with van der Waals surface area (Å²) in [6, 6.07) is 4.70. The molecule has 8 nitrogen and oxygen atoms in total. The molecule has 3 rings (SSSR count). The van der Waals surface area contributed by atoms with Gasteiger partial charge in [0.2, 0.25) is 0 Å². The standard InChI is InChI=1S/C19H21N3O5S/c1-10-5-11(2)21-17-15(10)18(24)22(28-17)19(25)20-8-12-6-13(9-23)16(27-4)14(7-12)26-3/h5-7,23H,8-9H2,1-4H3,(H,20,25). The summed E-state index contributed by atoms with van der Waals surface area (Å²) in [7, 11) is 2.99. The number of aliphatic hydroxyl groups excluding tert-OH is 1. The number of carbonyl (C=O) groups excluding carboxylic acids is 1. The molecule has 0 saturated carbocycles. The number of amides is 1. The van der Waals surface area contributed by atoms with Crippen LogP contribution in [0.15, 0.2) is 23.0 Å². The molecule has 0 aliphatic rings. The molecule has 2 N–H and O–H groups in total. The molecule has 0 atom stereocenters. The lowest BCUT2D eigenvalue weighted by Crippen LogP contribution is -2.32. The maximum atomic E-state index is 12.6. The fraction of sp³-hybridized carbons (Fsp3) is 0.316. The molecular weight excluding hydrogens is 382 g/mol. The van der Waals surface area contributed by atoms with Crippen molar-refractivity contribution in [3.8, 4) is 11.5 Å². The number of benzene rings is 1. The number of aryl methyl sites for hydroxylation is 2. The first-order valence-electron chi connectivity index (χ1n) is 8.52. The van der Waals surface area contributed by atoms with E-state index in [4.69, 9.17) is 9.47 Å². The summed E-state index contributed by atoms with van der Waals surface area (Å²) in [6.07, 6.45) is 0. The highest BCUT2D eigenvalue weighted by Gasteiger charge is 2.17. The van der Waals surface area contributed by atoms with Gasteiger partial charge in [-0.3, -0.25) is 4.79 Å². The van der Waals surface area contributed by atoms with Crippen LogP contribution in [0.4, 0.5) is 4.79 Å². The van der Waals surface area contributed by atoms with Gasteiger partial charge in [-0.05, 0) is 54.7 Å². The van der Waals surface area contributed by atoms with Crippen LogP contribution in [0.2, 0.25) is 0 Å². The van der Waals surface area contributed by atoms with Gasteiger partial charge in [-0.2, -0.15) is 3.96 Å². The smallest absolute Gasteiger partial charge is 0.338 e. The van der Waals surface area contributed by atoms with Gasteiger partial charge in [0.25, 0.3) is 5.56 Å². The van der Waals surface area contributed by atoms with Crippen molar-refractivity contribution in [3.05, 3.63) is 50.9 Å². The Morgan fingerprint density at radius 3 is 2.64 bits per heavy atom. The third-order valence-corrected chi connectivity index (χ3v) is 5.28. The molecule has 0 aliphatic heterocycles. The van der Waals surface area contributed by atoms with Crippen LogP contribution in [0.1, 0.15) is 22.4 Å². The molecule has 3 aromatic rings. The SMILES string of the molecule is COc1cc(CNC(=O)n2sc3nc(C)cc(C)c3c2=O)cc(CO)c1OC. The summed E-state index contributed by atoms with van der Waals surface area (Å²) in [5, 5.41) is 12.7. The molecular formula is C19H21N3O5S. The van der Waals surface area contributed by atoms with E-state index in [1.165, 1.54) is 14.2 Å². The van der Waals surface area contributed by atoms with Gasteiger partial charge in [0, 0.05) is 17.8 Å². The minimum Gasteiger partial charge on any atom is -0.493 e. The van der Waals surface area contributed by atoms with Crippen LogP contribution in [-0.4, -0.2) is 34.3 Å². The van der Waals surface area contributed by atoms with Crippen molar-refractivity contribution in [2.75, 3.05) is 14.2 Å². The zero-order valence-electron chi connectivity index (χ0n) is 16.0. The zero-order valence-corrected chi connectivity index (χ0v) is 16.8. The average molecular weight is 403 g/mol. The number of methoxy groups -OCH3 is 2. The summed E-state index contributed by atoms with van der Waals surface area (Å²) in [6.45, 7) is 3.59. The van der Waals surface area contributed by atoms with Gasteiger partial charge in [-0.15, -0.1) is 0 Å². The number of nitrogens with one attached hydrogen (secondary N) is 1. The van der Waals surface area contributed by atoms with Crippen molar-refractivity contribution in [1.82, 2.24) is 14.3 Å². The number of carbonyl (C=O) groups is 1. The van der Waals surface area contributed by atoms with Crippen LogP contribution in [0, 0.1) is 13.8 Å². The van der Waals surface area contributed by atoms with E-state index in [0.29, 0.717) is 32.8 Å². The van der Waals surface area contributed by atoms with Gasteiger partial charge in [-0.25, -0.2) is 9.78 Å². The summed E-state index contributed by atoms with van der Waals surface area (Å²) in [4.78, 5) is 30.0. The number of hydrogen-bond acceptors (Lipinski definition) is 7. The predicted molar refractivity (Wildman–Crippen MR) is 106 cm³/mol. The minimum atomic E-state index is -0.537. The molecule has 0 radical (unpaired) electrons. The van der Waals surface area contributed by atoms with E-state index in [9.17, 15) is 14.7 Å². The normalized spacial score (nSPS) is 10.9. The number of fused-ring (bicyclic) bond motifs is 1. The lowest BCUT2D eigenvalue weighted by molar-refractivity contribution is 0.243. The largest absolute Gasteiger partial charge is 0.493 e. The number of aliphatic hydroxyl groups is 1. The molecule has 1 amide bonds. The highest BCUT2D eigenvalue weighted by atomic mass is 32.1. The van der Waals surface area contributed by atoms with E-state index in [-0.39, 0.29) is 18.7 Å². The summed E-state index contributed by atoms with van der Waals surface area (Å²) in [5.41, 5.74) is 2.45. The van der Waals surface area contributed by atoms with E-state index in [1.54, 1.807) is 12.1 Å². The molecule has 0 unspecified atom stereocenters. The molecule has 0 aliphatic carbocycles. The summed E-state index contributed by atoms with van der Waals surface area (Å²) >= 11 is 1.01. The quantitative estimate of drug-likeness (QED) is 0.678. The molecule has 0 bridgehead atoms. The molecule has 2 heterocycles. The molecule has 148 valence electrons. The fourth-order valence-electron chi connectivity index (χ4n) is 3.07. The van der Waals surface area contributed by atoms with Crippen molar-refractivity contribution < 1.29 is 19.4 Å². The third kappa shape index (κ3) is 3.58. The topological polar surface area (TPSA) is 103 Å². The van der Waals surface area contributed by atoms with Crippen molar-refractivity contribution >= 4 is 27.8 Å². The van der Waals surface area contributed by atoms with E-state index < -0.39 is 6.03 Å². The van der Waals surface area contributed by atoms with Gasteiger partial charge >= 0.3 is 6.03 Å². The number of hydrogen-bond donors (Lipinski definition) is 2. The van der Waals surface area contributed by atoms with E-state index >= 15 is 0 Å². The van der Waals surface area contributed by atoms with Crippen LogP contribution in [-0.2, 0) is 13.2 Å². The third-order valence-electron chi connectivity index (χ3n) is 4.30. The maximum Gasteiger partial charge on any atom is 0.338 e. The van der Waals surface area contributed by atoms with Crippen molar-refractivity contribution in [3.63, 3.8) is 0 Å². The number of rotatable bonds is 5. The second-order valence-corrected chi connectivity index (χ2v) is 7.19. The Kier molecular flexibility index (Phi) is 5.66. The van der Waals surface area contributed by atoms with E-state index in [2.05, 4.69) is 10.3 Å². The number of ether oxygens (including phenoxy) is 2. The number of aromatic nitrogens is 2. The second kappa shape index (κ2) is 7.99. The van der Waals surface area contributed by atoms with E-state index in [1.807, 2.05) is 19.9 Å². The van der Waals surface area contributed by atoms with Crippen LogP contribution >= 0.6 is 11.5 Å². The van der Waals surface area contributed by atoms with Gasteiger partial charge in [0.1, 0.15) is 4.83 Å². The van der Waals surface area contributed by atoms with Gasteiger partial charge < -0.3 is 19.9 Å². The van der Waals surface area contributed by atoms with Gasteiger partial charge in [0.05, 0.1) is 26.2 Å². The Morgan fingerprint density at radius 1 is 1.25 bits per heavy atom. The van der Waals surface area contributed by atoms with Gasteiger partial charge in [-0.1, -0.05) is 0 Å². The monoisotopic (exact) mass is 403 g/mol. The Balaban J connectivity index is 1.87. The van der Waals surface area contributed by atoms with Crippen LogP contribution in [0.25, 0.3) is 10.2 Å². The maximum absolute atomic E-state index is 12.6. The van der Waals surface area contributed by atoms with Crippen molar-refractivity contribution in [1.29, 1.82) is 0 Å². The molecule has 0 spiro atoms. The average Bonchev–Trinajstić information content (AvgIpc) is 3.01. The molecule has 28 heavy (non-hydrogen) atoms. The number of nitrogens with zero attached hydrogens (tertiary/aromatic N) is 2. The Morgan fingerprint density at radius 2 is 2.00 bits per heavy atom. The lowest BCUT2D eigenvalue weighted by Gasteiger charge is -2.14. The lowest BCUT2D eigenvalue weighted by atomic mass is 10.1. The number of pyridine rings is 1. The molecule has 2 aromatic heterocycles. The Bertz CT molecular complexity index is 1080. The Labute approximate surface area is 165 Å². The summed E-state index contributed by atoms with van der Waals surface area (Å²) in [5.74, 6) is 0.894. The van der Waals surface area contributed by atoms with Crippen LogP contribution in [0.5, 0.6) is 11.5 Å². The molecule has 1 aromatic carbocycles. The predicted octanol–water partition coefficient (Wildman–Crippen LogP) is 2.34. The zero-order chi connectivity index (χ0) is 20.4. The Hall–Kier alpha value is -2.91.